The summed E-state index contributed by atoms with van der Waals surface area (Å²) in [5, 5.41) is 4.46. The van der Waals surface area contributed by atoms with E-state index in [1.165, 1.54) is 0 Å². The smallest absolute Gasteiger partial charge is 0.138 e. The van der Waals surface area contributed by atoms with Gasteiger partial charge in [-0.05, 0) is 30.7 Å². The van der Waals surface area contributed by atoms with Crippen LogP contribution < -0.4 is 10.1 Å². The summed E-state index contributed by atoms with van der Waals surface area (Å²) in [6.07, 6.45) is 0.105. The van der Waals surface area contributed by atoms with Crippen LogP contribution in [-0.2, 0) is 0 Å². The Balaban J connectivity index is 2.71. The average Bonchev–Trinajstić information content (AvgIpc) is 2.26. The van der Waals surface area contributed by atoms with Gasteiger partial charge >= 0.3 is 0 Å². The molecular formula is C13H19Cl2NO. The van der Waals surface area contributed by atoms with Crippen LogP contribution in [0.3, 0.4) is 0 Å². The fourth-order valence-electron chi connectivity index (χ4n) is 1.43. The second-order valence-electron chi connectivity index (χ2n) is 4.28. The van der Waals surface area contributed by atoms with Crippen LogP contribution in [0.25, 0.3) is 0 Å². The van der Waals surface area contributed by atoms with Crippen LogP contribution in [0.4, 0.5) is 0 Å². The van der Waals surface area contributed by atoms with Gasteiger partial charge in [0.25, 0.3) is 0 Å². The summed E-state index contributed by atoms with van der Waals surface area (Å²) < 4.78 is 5.91. The quantitative estimate of drug-likeness (QED) is 0.847. The second kappa shape index (κ2) is 7.10. The molecule has 1 unspecified atom stereocenters. The van der Waals surface area contributed by atoms with Gasteiger partial charge in [-0.3, -0.25) is 0 Å². The Kier molecular flexibility index (Phi) is 6.10. The third kappa shape index (κ3) is 4.74. The lowest BCUT2D eigenvalue weighted by atomic mass is 10.1. The highest BCUT2D eigenvalue weighted by molar-refractivity contribution is 6.35. The Morgan fingerprint density at radius 1 is 1.29 bits per heavy atom. The van der Waals surface area contributed by atoms with Crippen molar-refractivity contribution in [1.82, 2.24) is 5.32 Å². The van der Waals surface area contributed by atoms with Crippen molar-refractivity contribution in [2.75, 3.05) is 13.1 Å². The molecule has 0 spiro atoms. The Morgan fingerprint density at radius 3 is 2.53 bits per heavy atom. The van der Waals surface area contributed by atoms with E-state index in [2.05, 4.69) is 26.1 Å². The van der Waals surface area contributed by atoms with Gasteiger partial charge in [-0.15, -0.1) is 0 Å². The van der Waals surface area contributed by atoms with E-state index in [-0.39, 0.29) is 6.10 Å². The van der Waals surface area contributed by atoms with Gasteiger partial charge in [-0.1, -0.05) is 44.0 Å². The molecule has 0 aliphatic rings. The molecule has 1 N–H and O–H groups in total. The molecule has 0 aliphatic carbocycles. The molecule has 0 fully saturated rings. The maximum atomic E-state index is 6.08. The predicted octanol–water partition coefficient (Wildman–Crippen LogP) is 4.01. The van der Waals surface area contributed by atoms with Gasteiger partial charge in [0.1, 0.15) is 11.9 Å². The molecular weight excluding hydrogens is 257 g/mol. The average molecular weight is 276 g/mol. The normalized spacial score (nSPS) is 12.8. The second-order valence-corrected chi connectivity index (χ2v) is 5.13. The van der Waals surface area contributed by atoms with Gasteiger partial charge in [0.05, 0.1) is 5.02 Å². The Morgan fingerprint density at radius 2 is 2.00 bits per heavy atom. The van der Waals surface area contributed by atoms with Crippen LogP contribution in [0.1, 0.15) is 20.8 Å². The number of rotatable bonds is 6. The first-order valence-corrected chi connectivity index (χ1v) is 6.62. The number of ether oxygens (including phenoxy) is 1. The Bertz CT molecular complexity index is 355. The molecule has 0 aromatic heterocycles. The summed E-state index contributed by atoms with van der Waals surface area (Å²) in [7, 11) is 0. The molecule has 0 bridgehead atoms. The summed E-state index contributed by atoms with van der Waals surface area (Å²) in [6, 6.07) is 5.29. The zero-order chi connectivity index (χ0) is 12.8. The van der Waals surface area contributed by atoms with E-state index in [1.807, 2.05) is 6.07 Å². The van der Waals surface area contributed by atoms with Gasteiger partial charge < -0.3 is 10.1 Å². The molecule has 96 valence electrons. The van der Waals surface area contributed by atoms with Crippen molar-refractivity contribution < 1.29 is 4.74 Å². The number of hydrogen-bond donors (Lipinski definition) is 1. The first-order chi connectivity index (χ1) is 8.04. The molecule has 1 rings (SSSR count). The zero-order valence-electron chi connectivity index (χ0n) is 10.5. The van der Waals surface area contributed by atoms with Gasteiger partial charge in [0.15, 0.2) is 0 Å². The van der Waals surface area contributed by atoms with Gasteiger partial charge in [-0.25, -0.2) is 0 Å². The lowest BCUT2D eigenvalue weighted by molar-refractivity contribution is 0.150. The summed E-state index contributed by atoms with van der Waals surface area (Å²) in [5.41, 5.74) is 0. The summed E-state index contributed by atoms with van der Waals surface area (Å²) in [4.78, 5) is 0. The van der Waals surface area contributed by atoms with E-state index in [0.29, 0.717) is 21.7 Å². The van der Waals surface area contributed by atoms with Crippen molar-refractivity contribution in [3.8, 4) is 5.75 Å². The van der Waals surface area contributed by atoms with Crippen molar-refractivity contribution in [2.45, 2.75) is 26.9 Å². The van der Waals surface area contributed by atoms with Gasteiger partial charge in [0, 0.05) is 11.6 Å². The first-order valence-electron chi connectivity index (χ1n) is 5.87. The molecule has 0 amide bonds. The Hall–Kier alpha value is -0.440. The molecule has 1 aromatic carbocycles. The number of likely N-dealkylation sites (N-methyl/N-ethyl adjacent to an activating group) is 1. The highest BCUT2D eigenvalue weighted by atomic mass is 35.5. The van der Waals surface area contributed by atoms with Crippen molar-refractivity contribution in [2.24, 2.45) is 5.92 Å². The SMILES string of the molecule is CCNCC(Oc1ccc(Cl)cc1Cl)C(C)C. The zero-order valence-corrected chi connectivity index (χ0v) is 12.0. The molecule has 4 heteroatoms. The predicted molar refractivity (Wildman–Crippen MR) is 74.3 cm³/mol. The topological polar surface area (TPSA) is 21.3 Å². The fraction of sp³-hybridized carbons (Fsp3) is 0.538. The number of benzene rings is 1. The molecule has 1 atom stereocenters. The van der Waals surface area contributed by atoms with Crippen molar-refractivity contribution in [3.05, 3.63) is 28.2 Å². The molecule has 0 saturated carbocycles. The summed E-state index contributed by atoms with van der Waals surface area (Å²) in [5.74, 6) is 1.11. The first kappa shape index (κ1) is 14.6. The van der Waals surface area contributed by atoms with E-state index >= 15 is 0 Å². The van der Waals surface area contributed by atoms with Crippen LogP contribution >= 0.6 is 23.2 Å². The summed E-state index contributed by atoms with van der Waals surface area (Å²) >= 11 is 11.9. The highest BCUT2D eigenvalue weighted by Gasteiger charge is 2.16. The third-order valence-electron chi connectivity index (χ3n) is 2.51. The van der Waals surface area contributed by atoms with E-state index in [0.717, 1.165) is 13.1 Å². The molecule has 0 radical (unpaired) electrons. The van der Waals surface area contributed by atoms with Crippen LogP contribution in [0.5, 0.6) is 5.75 Å². The van der Waals surface area contributed by atoms with Crippen LogP contribution in [-0.4, -0.2) is 19.2 Å². The van der Waals surface area contributed by atoms with Crippen LogP contribution in [0.2, 0.25) is 10.0 Å². The molecule has 0 heterocycles. The van der Waals surface area contributed by atoms with Crippen molar-refractivity contribution in [3.63, 3.8) is 0 Å². The van der Waals surface area contributed by atoms with Crippen molar-refractivity contribution in [1.29, 1.82) is 0 Å². The molecule has 0 aliphatic heterocycles. The number of hydrogen-bond acceptors (Lipinski definition) is 2. The lowest BCUT2D eigenvalue weighted by Crippen LogP contribution is -2.35. The minimum Gasteiger partial charge on any atom is -0.487 e. The number of nitrogens with one attached hydrogen (secondary N) is 1. The Labute approximate surface area is 113 Å². The standard InChI is InChI=1S/C13H19Cl2NO/c1-4-16-8-13(9(2)3)17-12-6-5-10(14)7-11(12)15/h5-7,9,13,16H,4,8H2,1-3H3. The largest absolute Gasteiger partial charge is 0.487 e. The van der Waals surface area contributed by atoms with E-state index in [1.54, 1.807) is 12.1 Å². The maximum Gasteiger partial charge on any atom is 0.138 e. The molecule has 1 aromatic rings. The van der Waals surface area contributed by atoms with Crippen LogP contribution in [0.15, 0.2) is 18.2 Å². The minimum atomic E-state index is 0.105. The maximum absolute atomic E-state index is 6.08. The summed E-state index contributed by atoms with van der Waals surface area (Å²) in [6.45, 7) is 8.08. The van der Waals surface area contributed by atoms with E-state index in [9.17, 15) is 0 Å². The third-order valence-corrected chi connectivity index (χ3v) is 3.04. The minimum absolute atomic E-state index is 0.105. The fourth-order valence-corrected chi connectivity index (χ4v) is 1.89. The van der Waals surface area contributed by atoms with Crippen LogP contribution in [0, 0.1) is 5.92 Å². The molecule has 0 saturated heterocycles. The molecule has 17 heavy (non-hydrogen) atoms. The molecule has 2 nitrogen and oxygen atoms in total. The van der Waals surface area contributed by atoms with E-state index in [4.69, 9.17) is 27.9 Å². The monoisotopic (exact) mass is 275 g/mol. The van der Waals surface area contributed by atoms with Gasteiger partial charge in [-0.2, -0.15) is 0 Å². The number of halogens is 2. The lowest BCUT2D eigenvalue weighted by Gasteiger charge is -2.23. The van der Waals surface area contributed by atoms with E-state index < -0.39 is 0 Å². The van der Waals surface area contributed by atoms with Crippen molar-refractivity contribution >= 4 is 23.2 Å². The van der Waals surface area contributed by atoms with Gasteiger partial charge in [0.2, 0.25) is 0 Å². The highest BCUT2D eigenvalue weighted by Crippen LogP contribution is 2.29.